The van der Waals surface area contributed by atoms with Crippen molar-refractivity contribution < 1.29 is 4.74 Å². The van der Waals surface area contributed by atoms with Crippen LogP contribution in [0, 0.1) is 0 Å². The molecule has 104 valence electrons. The highest BCUT2D eigenvalue weighted by Gasteiger charge is 2.18. The van der Waals surface area contributed by atoms with E-state index in [1.54, 1.807) is 0 Å². The molecule has 1 heterocycles. The molecule has 0 aliphatic carbocycles. The van der Waals surface area contributed by atoms with E-state index >= 15 is 0 Å². The van der Waals surface area contributed by atoms with Crippen LogP contribution in [-0.4, -0.2) is 15.2 Å². The van der Waals surface area contributed by atoms with E-state index in [9.17, 15) is 0 Å². The van der Waals surface area contributed by atoms with Gasteiger partial charge in [0.2, 0.25) is 5.88 Å². The van der Waals surface area contributed by atoms with Gasteiger partial charge in [-0.25, -0.2) is 0 Å². The highest BCUT2D eigenvalue weighted by atomic mass is 32.1. The maximum atomic E-state index is 5.85. The summed E-state index contributed by atoms with van der Waals surface area (Å²) in [5.74, 6) is 1.06. The van der Waals surface area contributed by atoms with Crippen molar-refractivity contribution in [2.75, 3.05) is 0 Å². The Morgan fingerprint density at radius 1 is 1.15 bits per heavy atom. The van der Waals surface area contributed by atoms with Crippen LogP contribution in [0.1, 0.15) is 30.7 Å². The number of thiocarbonyl (C=S) groups is 1. The van der Waals surface area contributed by atoms with E-state index in [-0.39, 0.29) is 4.99 Å². The zero-order valence-electron chi connectivity index (χ0n) is 11.6. The average molecular weight is 287 g/mol. The van der Waals surface area contributed by atoms with Gasteiger partial charge in [-0.1, -0.05) is 44.3 Å². The van der Waals surface area contributed by atoms with E-state index in [1.165, 1.54) is 0 Å². The maximum absolute atomic E-state index is 5.85. The second kappa shape index (κ2) is 6.43. The second-order valence-electron chi connectivity index (χ2n) is 4.29. The third-order valence-electron chi connectivity index (χ3n) is 3.02. The van der Waals surface area contributed by atoms with E-state index in [2.05, 4.69) is 10.2 Å². The Morgan fingerprint density at radius 2 is 1.85 bits per heavy atom. The molecule has 2 N–H and O–H groups in total. The number of aryl methyl sites for hydroxylation is 1. The zero-order chi connectivity index (χ0) is 14.5. The summed E-state index contributed by atoms with van der Waals surface area (Å²) in [6.07, 6.45) is 1.58. The van der Waals surface area contributed by atoms with Crippen LogP contribution in [0.25, 0.3) is 0 Å². The minimum atomic E-state index is 0.289. The normalized spacial score (nSPS) is 10.3. The lowest BCUT2D eigenvalue weighted by Gasteiger charge is -2.14. The SMILES string of the molecule is CCc1nnc(Oc2ccccc2)c(C(N)=S)c1CC. The predicted molar refractivity (Wildman–Crippen MR) is 83.2 cm³/mol. The molecule has 5 heteroatoms. The smallest absolute Gasteiger partial charge is 0.249 e. The highest BCUT2D eigenvalue weighted by molar-refractivity contribution is 7.80. The lowest BCUT2D eigenvalue weighted by atomic mass is 10.0. The molecule has 1 aromatic heterocycles. The van der Waals surface area contributed by atoms with Crippen LogP contribution in [0.3, 0.4) is 0 Å². The number of hydrogen-bond donors (Lipinski definition) is 1. The summed E-state index contributed by atoms with van der Waals surface area (Å²) in [4.78, 5) is 0.289. The molecule has 2 aromatic rings. The van der Waals surface area contributed by atoms with E-state index in [0.29, 0.717) is 17.2 Å². The molecule has 0 bridgehead atoms. The van der Waals surface area contributed by atoms with Crippen molar-refractivity contribution in [1.29, 1.82) is 0 Å². The molecule has 2 rings (SSSR count). The monoisotopic (exact) mass is 287 g/mol. The van der Waals surface area contributed by atoms with Gasteiger partial charge in [-0.3, -0.25) is 0 Å². The first-order valence-electron chi connectivity index (χ1n) is 6.58. The van der Waals surface area contributed by atoms with Crippen molar-refractivity contribution in [3.8, 4) is 11.6 Å². The summed E-state index contributed by atoms with van der Waals surface area (Å²) in [6, 6.07) is 9.41. The summed E-state index contributed by atoms with van der Waals surface area (Å²) < 4.78 is 5.77. The molecule has 0 saturated heterocycles. The van der Waals surface area contributed by atoms with Gasteiger partial charge < -0.3 is 10.5 Å². The lowest BCUT2D eigenvalue weighted by molar-refractivity contribution is 0.451. The number of ether oxygens (including phenoxy) is 1. The summed E-state index contributed by atoms with van der Waals surface area (Å²) in [5, 5.41) is 8.35. The largest absolute Gasteiger partial charge is 0.437 e. The topological polar surface area (TPSA) is 61.0 Å². The summed E-state index contributed by atoms with van der Waals surface area (Å²) >= 11 is 5.16. The summed E-state index contributed by atoms with van der Waals surface area (Å²) in [6.45, 7) is 4.08. The Hall–Kier alpha value is -2.01. The number of benzene rings is 1. The van der Waals surface area contributed by atoms with Crippen molar-refractivity contribution in [3.05, 3.63) is 47.2 Å². The minimum absolute atomic E-state index is 0.289. The fraction of sp³-hybridized carbons (Fsp3) is 0.267. The standard InChI is InChI=1S/C15H17N3OS/c1-3-11-12(4-2)17-18-15(13(11)14(16)20)19-10-8-6-5-7-9-10/h5-9H,3-4H2,1-2H3,(H2,16,20). The first-order valence-corrected chi connectivity index (χ1v) is 6.99. The van der Waals surface area contributed by atoms with Crippen molar-refractivity contribution in [3.63, 3.8) is 0 Å². The Labute approximate surface area is 124 Å². The van der Waals surface area contributed by atoms with Crippen LogP contribution in [0.2, 0.25) is 0 Å². The van der Waals surface area contributed by atoms with Crippen molar-refractivity contribution in [1.82, 2.24) is 10.2 Å². The van der Waals surface area contributed by atoms with Crippen molar-refractivity contribution in [2.45, 2.75) is 26.7 Å². The summed E-state index contributed by atoms with van der Waals surface area (Å²) in [7, 11) is 0. The van der Waals surface area contributed by atoms with Gasteiger partial charge in [-0.05, 0) is 30.5 Å². The molecule has 0 unspecified atom stereocenters. The molecule has 20 heavy (non-hydrogen) atoms. The van der Waals surface area contributed by atoms with Crippen LogP contribution >= 0.6 is 12.2 Å². The van der Waals surface area contributed by atoms with E-state index in [0.717, 1.165) is 24.1 Å². The molecule has 0 radical (unpaired) electrons. The van der Waals surface area contributed by atoms with Crippen molar-refractivity contribution in [2.24, 2.45) is 5.73 Å². The molecule has 0 aliphatic heterocycles. The number of rotatable bonds is 5. The van der Waals surface area contributed by atoms with E-state index in [4.69, 9.17) is 22.7 Å². The molecule has 0 atom stereocenters. The maximum Gasteiger partial charge on any atom is 0.249 e. The van der Waals surface area contributed by atoms with Gasteiger partial charge in [-0.15, -0.1) is 5.10 Å². The van der Waals surface area contributed by atoms with Gasteiger partial charge in [0.1, 0.15) is 10.7 Å². The highest BCUT2D eigenvalue weighted by Crippen LogP contribution is 2.27. The average Bonchev–Trinajstić information content (AvgIpc) is 2.47. The Balaban J connectivity index is 2.50. The van der Waals surface area contributed by atoms with E-state index in [1.807, 2.05) is 44.2 Å². The van der Waals surface area contributed by atoms with Crippen LogP contribution < -0.4 is 10.5 Å². The molecular formula is C15H17N3OS. The fourth-order valence-corrected chi connectivity index (χ4v) is 2.29. The third kappa shape index (κ3) is 2.93. The fourth-order valence-electron chi connectivity index (χ4n) is 2.08. The molecule has 0 fully saturated rings. The number of nitrogens with two attached hydrogens (primary N) is 1. The number of nitrogens with zero attached hydrogens (tertiary/aromatic N) is 2. The first kappa shape index (κ1) is 14.4. The Bertz CT molecular complexity index is 614. The molecule has 4 nitrogen and oxygen atoms in total. The Morgan fingerprint density at radius 3 is 2.40 bits per heavy atom. The quantitative estimate of drug-likeness (QED) is 0.856. The number of hydrogen-bond acceptors (Lipinski definition) is 4. The lowest BCUT2D eigenvalue weighted by Crippen LogP contribution is -2.17. The number of para-hydroxylation sites is 1. The Kier molecular flexibility index (Phi) is 4.63. The van der Waals surface area contributed by atoms with Gasteiger partial charge in [0.05, 0.1) is 11.3 Å². The van der Waals surface area contributed by atoms with Crippen LogP contribution in [0.15, 0.2) is 30.3 Å². The second-order valence-corrected chi connectivity index (χ2v) is 4.73. The van der Waals surface area contributed by atoms with Gasteiger partial charge in [-0.2, -0.15) is 5.10 Å². The van der Waals surface area contributed by atoms with Gasteiger partial charge in [0.15, 0.2) is 0 Å². The van der Waals surface area contributed by atoms with Crippen LogP contribution in [0.4, 0.5) is 0 Å². The van der Waals surface area contributed by atoms with Crippen LogP contribution in [0.5, 0.6) is 11.6 Å². The van der Waals surface area contributed by atoms with Crippen LogP contribution in [-0.2, 0) is 12.8 Å². The molecule has 0 amide bonds. The molecule has 0 aliphatic rings. The van der Waals surface area contributed by atoms with Crippen molar-refractivity contribution >= 4 is 17.2 Å². The molecule has 1 aromatic carbocycles. The molecular weight excluding hydrogens is 270 g/mol. The number of aromatic nitrogens is 2. The van der Waals surface area contributed by atoms with Gasteiger partial charge in [0, 0.05) is 0 Å². The third-order valence-corrected chi connectivity index (χ3v) is 3.22. The van der Waals surface area contributed by atoms with E-state index < -0.39 is 0 Å². The summed E-state index contributed by atoms with van der Waals surface area (Å²) in [5.41, 5.74) is 8.47. The first-order chi connectivity index (χ1) is 9.67. The molecule has 0 saturated carbocycles. The minimum Gasteiger partial charge on any atom is -0.437 e. The molecule has 0 spiro atoms. The predicted octanol–water partition coefficient (Wildman–Crippen LogP) is 3.03. The van der Waals surface area contributed by atoms with Gasteiger partial charge >= 0.3 is 0 Å². The zero-order valence-corrected chi connectivity index (χ0v) is 12.4. The van der Waals surface area contributed by atoms with Gasteiger partial charge in [0.25, 0.3) is 0 Å².